The molecule has 0 spiro atoms. The quantitative estimate of drug-likeness (QED) is 0.905. The zero-order chi connectivity index (χ0) is 18.8. The van der Waals surface area contributed by atoms with E-state index < -0.39 is 5.60 Å². The molecule has 1 unspecified atom stereocenters. The van der Waals surface area contributed by atoms with Gasteiger partial charge in [-0.1, -0.05) is 0 Å². The summed E-state index contributed by atoms with van der Waals surface area (Å²) in [4.78, 5) is 14.7. The molecule has 1 aliphatic heterocycles. The molecule has 25 heavy (non-hydrogen) atoms. The summed E-state index contributed by atoms with van der Waals surface area (Å²) in [7, 11) is 3.30. The molecule has 1 fully saturated rings. The van der Waals surface area contributed by atoms with E-state index in [2.05, 4.69) is 5.32 Å². The Hall–Kier alpha value is -1.79. The number of benzene rings is 1. The second-order valence-corrected chi connectivity index (χ2v) is 7.29. The van der Waals surface area contributed by atoms with Crippen LogP contribution in [0.15, 0.2) is 6.07 Å². The van der Waals surface area contributed by atoms with Crippen molar-refractivity contribution in [3.63, 3.8) is 0 Å². The van der Waals surface area contributed by atoms with Crippen molar-refractivity contribution in [2.75, 3.05) is 39.2 Å². The highest BCUT2D eigenvalue weighted by Gasteiger charge is 2.35. The largest absolute Gasteiger partial charge is 0.496 e. The van der Waals surface area contributed by atoms with Crippen LogP contribution in [0, 0.1) is 20.8 Å². The van der Waals surface area contributed by atoms with Crippen molar-refractivity contribution < 1.29 is 19.0 Å². The average molecular weight is 350 g/mol. The Morgan fingerprint density at radius 1 is 1.32 bits per heavy atom. The molecule has 1 saturated heterocycles. The zero-order valence-corrected chi connectivity index (χ0v) is 16.4. The van der Waals surface area contributed by atoms with Crippen molar-refractivity contribution in [1.29, 1.82) is 0 Å². The van der Waals surface area contributed by atoms with Crippen molar-refractivity contribution >= 4 is 11.7 Å². The Bertz CT molecular complexity index is 643. The number of nitrogens with zero attached hydrogens (tertiary/aromatic N) is 1. The fourth-order valence-electron chi connectivity index (χ4n) is 3.36. The van der Waals surface area contributed by atoms with E-state index in [1.807, 2.05) is 40.7 Å². The van der Waals surface area contributed by atoms with E-state index in [1.165, 1.54) is 0 Å². The lowest BCUT2D eigenvalue weighted by Gasteiger charge is -2.42. The van der Waals surface area contributed by atoms with Crippen molar-refractivity contribution in [3.05, 3.63) is 22.8 Å². The minimum absolute atomic E-state index is 0.117. The van der Waals surface area contributed by atoms with Gasteiger partial charge >= 0.3 is 6.03 Å². The first-order valence-corrected chi connectivity index (χ1v) is 8.56. The molecular formula is C19H30N2O4. The minimum atomic E-state index is -0.404. The third-order valence-electron chi connectivity index (χ3n) is 4.62. The van der Waals surface area contributed by atoms with E-state index in [-0.39, 0.29) is 12.1 Å². The van der Waals surface area contributed by atoms with E-state index in [0.717, 1.165) is 28.1 Å². The van der Waals surface area contributed by atoms with Gasteiger partial charge in [0.05, 0.1) is 38.5 Å². The number of urea groups is 1. The average Bonchev–Trinajstić information content (AvgIpc) is 2.53. The molecule has 0 aliphatic carbocycles. The van der Waals surface area contributed by atoms with Gasteiger partial charge in [0.1, 0.15) is 5.75 Å². The molecule has 1 heterocycles. The monoisotopic (exact) mass is 350 g/mol. The molecule has 2 amide bonds. The van der Waals surface area contributed by atoms with Crippen LogP contribution in [0.3, 0.4) is 0 Å². The molecule has 0 saturated carbocycles. The number of hydrogen-bond acceptors (Lipinski definition) is 4. The predicted molar refractivity (Wildman–Crippen MR) is 98.6 cm³/mol. The van der Waals surface area contributed by atoms with Crippen LogP contribution in [-0.4, -0.2) is 56.6 Å². The van der Waals surface area contributed by atoms with Crippen molar-refractivity contribution in [3.8, 4) is 5.75 Å². The van der Waals surface area contributed by atoms with Crippen LogP contribution in [0.2, 0.25) is 0 Å². The molecular weight excluding hydrogens is 320 g/mol. The molecule has 0 aromatic heterocycles. The maximum Gasteiger partial charge on any atom is 0.322 e. The van der Waals surface area contributed by atoms with Crippen LogP contribution in [0.4, 0.5) is 10.5 Å². The molecule has 1 aliphatic rings. The van der Waals surface area contributed by atoms with E-state index in [9.17, 15) is 4.79 Å². The van der Waals surface area contributed by atoms with Gasteiger partial charge in [-0.15, -0.1) is 0 Å². The fraction of sp³-hybridized carbons (Fsp3) is 0.632. The van der Waals surface area contributed by atoms with Gasteiger partial charge in [0.2, 0.25) is 0 Å². The number of ether oxygens (including phenoxy) is 3. The van der Waals surface area contributed by atoms with Gasteiger partial charge in [-0.3, -0.25) is 0 Å². The summed E-state index contributed by atoms with van der Waals surface area (Å²) >= 11 is 0. The van der Waals surface area contributed by atoms with Gasteiger partial charge in [0, 0.05) is 12.8 Å². The number of hydrogen-bond donors (Lipinski definition) is 1. The highest BCUT2D eigenvalue weighted by atomic mass is 16.5. The second-order valence-electron chi connectivity index (χ2n) is 7.29. The summed E-state index contributed by atoms with van der Waals surface area (Å²) in [5.74, 6) is 0.834. The number of carbonyl (C=O) groups is 1. The normalized spacial score (nSPS) is 19.6. The molecule has 1 aromatic carbocycles. The van der Waals surface area contributed by atoms with Crippen LogP contribution in [-0.2, 0) is 9.47 Å². The molecule has 6 nitrogen and oxygen atoms in total. The second kappa shape index (κ2) is 7.62. The maximum atomic E-state index is 12.9. The van der Waals surface area contributed by atoms with Crippen molar-refractivity contribution in [1.82, 2.24) is 4.90 Å². The molecule has 6 heteroatoms. The predicted octanol–water partition coefficient (Wildman–Crippen LogP) is 3.28. The summed E-state index contributed by atoms with van der Waals surface area (Å²) < 4.78 is 16.6. The number of aryl methyl sites for hydroxylation is 1. The number of anilines is 1. The molecule has 1 atom stereocenters. The smallest absolute Gasteiger partial charge is 0.322 e. The Morgan fingerprint density at radius 2 is 2.00 bits per heavy atom. The molecule has 1 aromatic rings. The highest BCUT2D eigenvalue weighted by Crippen LogP contribution is 2.31. The highest BCUT2D eigenvalue weighted by molar-refractivity contribution is 5.91. The summed E-state index contributed by atoms with van der Waals surface area (Å²) in [6, 6.07) is 1.84. The molecule has 140 valence electrons. The first kappa shape index (κ1) is 19.5. The topological polar surface area (TPSA) is 60.0 Å². The van der Waals surface area contributed by atoms with Gasteiger partial charge in [-0.25, -0.2) is 4.79 Å². The minimum Gasteiger partial charge on any atom is -0.496 e. The Kier molecular flexibility index (Phi) is 5.95. The van der Waals surface area contributed by atoms with Crippen LogP contribution >= 0.6 is 0 Å². The standard InChI is InChI=1S/C19H30N2O4/c1-12-8-16(24-7)13(2)14(3)17(12)20-18(22)21-9-15(10-23-6)25-19(4,5)11-21/h8,15H,9-11H2,1-7H3,(H,20,22). The van der Waals surface area contributed by atoms with Crippen LogP contribution in [0.25, 0.3) is 0 Å². The lowest BCUT2D eigenvalue weighted by atomic mass is 10.0. The van der Waals surface area contributed by atoms with Crippen LogP contribution in [0.5, 0.6) is 5.75 Å². The number of morpholine rings is 1. The lowest BCUT2D eigenvalue weighted by Crippen LogP contribution is -2.56. The van der Waals surface area contributed by atoms with Gasteiger partial charge in [-0.2, -0.15) is 0 Å². The number of carbonyl (C=O) groups excluding carboxylic acids is 1. The molecule has 2 rings (SSSR count). The van der Waals surface area contributed by atoms with Crippen LogP contribution in [0.1, 0.15) is 30.5 Å². The molecule has 0 radical (unpaired) electrons. The van der Waals surface area contributed by atoms with Crippen molar-refractivity contribution in [2.24, 2.45) is 0 Å². The summed E-state index contributed by atoms with van der Waals surface area (Å²) in [6.45, 7) is 11.5. The van der Waals surface area contributed by atoms with E-state index >= 15 is 0 Å². The Labute approximate surface area is 150 Å². The maximum absolute atomic E-state index is 12.9. The third-order valence-corrected chi connectivity index (χ3v) is 4.62. The number of rotatable bonds is 4. The SMILES string of the molecule is COCC1CN(C(=O)Nc2c(C)cc(OC)c(C)c2C)CC(C)(C)O1. The fourth-order valence-corrected chi connectivity index (χ4v) is 3.36. The zero-order valence-electron chi connectivity index (χ0n) is 16.4. The van der Waals surface area contributed by atoms with Gasteiger partial charge < -0.3 is 24.4 Å². The molecule has 0 bridgehead atoms. The van der Waals surface area contributed by atoms with E-state index in [1.54, 1.807) is 19.1 Å². The summed E-state index contributed by atoms with van der Waals surface area (Å²) in [5, 5.41) is 3.08. The molecule has 1 N–H and O–H groups in total. The lowest BCUT2D eigenvalue weighted by molar-refractivity contribution is -0.141. The van der Waals surface area contributed by atoms with Crippen molar-refractivity contribution in [2.45, 2.75) is 46.3 Å². The Balaban J connectivity index is 2.20. The number of amides is 2. The van der Waals surface area contributed by atoms with E-state index in [4.69, 9.17) is 14.2 Å². The van der Waals surface area contributed by atoms with Crippen LogP contribution < -0.4 is 10.1 Å². The summed E-state index contributed by atoms with van der Waals surface area (Å²) in [6.07, 6.45) is -0.126. The van der Waals surface area contributed by atoms with E-state index in [0.29, 0.717) is 19.7 Å². The number of methoxy groups -OCH3 is 2. The Morgan fingerprint density at radius 3 is 2.60 bits per heavy atom. The first-order valence-electron chi connectivity index (χ1n) is 8.56. The third kappa shape index (κ3) is 4.44. The number of nitrogens with one attached hydrogen (secondary N) is 1. The first-order chi connectivity index (χ1) is 11.7. The van der Waals surface area contributed by atoms with Gasteiger partial charge in [-0.05, 0) is 57.4 Å². The van der Waals surface area contributed by atoms with Gasteiger partial charge in [0.15, 0.2) is 0 Å². The summed E-state index contributed by atoms with van der Waals surface area (Å²) in [5.41, 5.74) is 3.47. The van der Waals surface area contributed by atoms with Gasteiger partial charge in [0.25, 0.3) is 0 Å².